The van der Waals surface area contributed by atoms with Crippen LogP contribution < -0.4 is 10.1 Å². The summed E-state index contributed by atoms with van der Waals surface area (Å²) in [5.74, 6) is 0.784. The second kappa shape index (κ2) is 5.31. The Morgan fingerprint density at radius 3 is 2.44 bits per heavy atom. The van der Waals surface area contributed by atoms with Crippen molar-refractivity contribution in [1.82, 2.24) is 5.32 Å². The summed E-state index contributed by atoms with van der Waals surface area (Å²) in [6.45, 7) is 3.96. The topological polar surface area (TPSA) is 38.3 Å². The normalized spacial score (nSPS) is 16.4. The van der Waals surface area contributed by atoms with Gasteiger partial charge in [0.05, 0.1) is 11.6 Å². The first-order chi connectivity index (χ1) is 8.54. The molecule has 1 N–H and O–H groups in total. The summed E-state index contributed by atoms with van der Waals surface area (Å²) in [6.07, 6.45) is 2.25. The third kappa shape index (κ3) is 3.25. The van der Waals surface area contributed by atoms with Crippen LogP contribution in [0.5, 0.6) is 5.75 Å². The van der Waals surface area contributed by atoms with Crippen LogP contribution in [0.1, 0.15) is 37.0 Å². The van der Waals surface area contributed by atoms with Crippen LogP contribution in [0.4, 0.5) is 0 Å². The maximum atomic E-state index is 12.0. The lowest BCUT2D eigenvalue weighted by Crippen LogP contribution is -2.38. The van der Waals surface area contributed by atoms with Crippen molar-refractivity contribution >= 4 is 21.8 Å². The van der Waals surface area contributed by atoms with Gasteiger partial charge in [0.2, 0.25) is 0 Å². The Bertz CT molecular complexity index is 424. The highest BCUT2D eigenvalue weighted by Crippen LogP contribution is 2.37. The first-order valence-corrected chi connectivity index (χ1v) is 7.32. The molecule has 1 amide bonds. The van der Waals surface area contributed by atoms with Crippen molar-refractivity contribution in [3.05, 3.63) is 29.8 Å². The molecule has 0 aliphatic heterocycles. The molecule has 0 atom stereocenters. The van der Waals surface area contributed by atoms with E-state index in [-0.39, 0.29) is 17.6 Å². The number of alkyl halides is 1. The van der Waals surface area contributed by atoms with Crippen molar-refractivity contribution in [3.63, 3.8) is 0 Å². The van der Waals surface area contributed by atoms with E-state index in [0.29, 0.717) is 5.56 Å². The summed E-state index contributed by atoms with van der Waals surface area (Å²) in [5.41, 5.74) is 0.669. The Kier molecular flexibility index (Phi) is 3.95. The molecule has 0 unspecified atom stereocenters. The van der Waals surface area contributed by atoms with Gasteiger partial charge in [-0.15, -0.1) is 0 Å². The average molecular weight is 312 g/mol. The van der Waals surface area contributed by atoms with Gasteiger partial charge >= 0.3 is 0 Å². The number of nitrogens with one attached hydrogen (secondary N) is 1. The standard InChI is InChI=1S/C14H18BrNO2/c1-10(2)18-12-5-3-11(4-6-12)13(17)16-14(9-15)7-8-14/h3-6,10H,7-9H2,1-2H3,(H,16,17). The van der Waals surface area contributed by atoms with Crippen LogP contribution in [0.3, 0.4) is 0 Å². The predicted octanol–water partition coefficient (Wildman–Crippen LogP) is 3.13. The highest BCUT2D eigenvalue weighted by Gasteiger charge is 2.42. The molecular weight excluding hydrogens is 294 g/mol. The summed E-state index contributed by atoms with van der Waals surface area (Å²) in [6, 6.07) is 7.28. The molecule has 0 bridgehead atoms. The van der Waals surface area contributed by atoms with E-state index >= 15 is 0 Å². The summed E-state index contributed by atoms with van der Waals surface area (Å²) >= 11 is 3.44. The lowest BCUT2D eigenvalue weighted by molar-refractivity contribution is 0.0936. The quantitative estimate of drug-likeness (QED) is 0.848. The fourth-order valence-electron chi connectivity index (χ4n) is 1.71. The van der Waals surface area contributed by atoms with Crippen LogP contribution in [0.25, 0.3) is 0 Å². The predicted molar refractivity (Wildman–Crippen MR) is 75.4 cm³/mol. The Labute approximate surface area is 116 Å². The molecular formula is C14H18BrNO2. The van der Waals surface area contributed by atoms with Crippen molar-refractivity contribution in [2.24, 2.45) is 0 Å². The zero-order valence-electron chi connectivity index (χ0n) is 10.7. The first-order valence-electron chi connectivity index (χ1n) is 6.20. The number of amides is 1. The van der Waals surface area contributed by atoms with Crippen LogP contribution in [0, 0.1) is 0 Å². The molecule has 0 saturated heterocycles. The van der Waals surface area contributed by atoms with E-state index in [1.165, 1.54) is 0 Å². The number of halogens is 1. The van der Waals surface area contributed by atoms with E-state index in [2.05, 4.69) is 21.2 Å². The van der Waals surface area contributed by atoms with Gasteiger partial charge in [-0.1, -0.05) is 15.9 Å². The van der Waals surface area contributed by atoms with Crippen molar-refractivity contribution in [1.29, 1.82) is 0 Å². The first kappa shape index (κ1) is 13.4. The fourth-order valence-corrected chi connectivity index (χ4v) is 2.41. The van der Waals surface area contributed by atoms with Gasteiger partial charge in [-0.25, -0.2) is 0 Å². The Balaban J connectivity index is 1.98. The maximum Gasteiger partial charge on any atom is 0.251 e. The highest BCUT2D eigenvalue weighted by atomic mass is 79.9. The lowest BCUT2D eigenvalue weighted by atomic mass is 10.2. The molecule has 2 rings (SSSR count). The zero-order valence-corrected chi connectivity index (χ0v) is 12.3. The molecule has 1 saturated carbocycles. The van der Waals surface area contributed by atoms with Gasteiger partial charge in [0.25, 0.3) is 5.91 Å². The number of hydrogen-bond acceptors (Lipinski definition) is 2. The molecule has 1 fully saturated rings. The summed E-state index contributed by atoms with van der Waals surface area (Å²) < 4.78 is 5.54. The van der Waals surface area contributed by atoms with E-state index in [0.717, 1.165) is 23.9 Å². The van der Waals surface area contributed by atoms with Crippen LogP contribution in [-0.4, -0.2) is 22.9 Å². The SMILES string of the molecule is CC(C)Oc1ccc(C(=O)NC2(CBr)CC2)cc1. The van der Waals surface area contributed by atoms with Gasteiger partial charge in [-0.05, 0) is 51.0 Å². The molecule has 0 heterocycles. The molecule has 98 valence electrons. The summed E-state index contributed by atoms with van der Waals surface area (Å²) in [5, 5.41) is 3.89. The van der Waals surface area contributed by atoms with Gasteiger partial charge in [0.1, 0.15) is 5.75 Å². The number of carbonyl (C=O) groups excluding carboxylic acids is 1. The monoisotopic (exact) mass is 311 g/mol. The highest BCUT2D eigenvalue weighted by molar-refractivity contribution is 9.09. The largest absolute Gasteiger partial charge is 0.491 e. The minimum atomic E-state index is -0.0111. The number of rotatable bonds is 5. The fraction of sp³-hybridized carbons (Fsp3) is 0.500. The number of carbonyl (C=O) groups is 1. The average Bonchev–Trinajstić information content (AvgIpc) is 3.09. The lowest BCUT2D eigenvalue weighted by Gasteiger charge is -2.14. The second-order valence-corrected chi connectivity index (χ2v) is 5.62. The van der Waals surface area contributed by atoms with Crippen molar-refractivity contribution in [2.75, 3.05) is 5.33 Å². The van der Waals surface area contributed by atoms with Crippen molar-refractivity contribution in [2.45, 2.75) is 38.3 Å². The van der Waals surface area contributed by atoms with E-state index in [1.807, 2.05) is 26.0 Å². The molecule has 0 radical (unpaired) electrons. The van der Waals surface area contributed by atoms with Gasteiger partial charge in [-0.2, -0.15) is 0 Å². The molecule has 1 aliphatic carbocycles. The zero-order chi connectivity index (χ0) is 13.2. The van der Waals surface area contributed by atoms with E-state index < -0.39 is 0 Å². The van der Waals surface area contributed by atoms with Crippen LogP contribution in [-0.2, 0) is 0 Å². The minimum Gasteiger partial charge on any atom is -0.491 e. The molecule has 1 aliphatic rings. The minimum absolute atomic E-state index is 0.00973. The van der Waals surface area contributed by atoms with Gasteiger partial charge < -0.3 is 10.1 Å². The Morgan fingerprint density at radius 2 is 2.00 bits per heavy atom. The van der Waals surface area contributed by atoms with Crippen molar-refractivity contribution in [3.8, 4) is 5.75 Å². The molecule has 3 nitrogen and oxygen atoms in total. The summed E-state index contributed by atoms with van der Waals surface area (Å²) in [7, 11) is 0. The maximum absolute atomic E-state index is 12.0. The molecule has 18 heavy (non-hydrogen) atoms. The van der Waals surface area contributed by atoms with Gasteiger partial charge in [-0.3, -0.25) is 4.79 Å². The number of benzene rings is 1. The Hall–Kier alpha value is -1.03. The van der Waals surface area contributed by atoms with Crippen molar-refractivity contribution < 1.29 is 9.53 Å². The third-order valence-corrected chi connectivity index (χ3v) is 4.05. The summed E-state index contributed by atoms with van der Waals surface area (Å²) in [4.78, 5) is 12.0. The smallest absolute Gasteiger partial charge is 0.251 e. The van der Waals surface area contributed by atoms with Crippen LogP contribution >= 0.6 is 15.9 Å². The van der Waals surface area contributed by atoms with Crippen LogP contribution in [0.2, 0.25) is 0 Å². The van der Waals surface area contributed by atoms with E-state index in [9.17, 15) is 4.79 Å². The van der Waals surface area contributed by atoms with Crippen LogP contribution in [0.15, 0.2) is 24.3 Å². The Morgan fingerprint density at radius 1 is 1.39 bits per heavy atom. The molecule has 0 aromatic heterocycles. The third-order valence-electron chi connectivity index (χ3n) is 2.98. The number of hydrogen-bond donors (Lipinski definition) is 1. The molecule has 0 spiro atoms. The van der Waals surface area contributed by atoms with Gasteiger partial charge in [0, 0.05) is 10.9 Å². The van der Waals surface area contributed by atoms with E-state index in [1.54, 1.807) is 12.1 Å². The molecule has 1 aromatic rings. The van der Waals surface area contributed by atoms with E-state index in [4.69, 9.17) is 4.74 Å². The molecule has 4 heteroatoms. The van der Waals surface area contributed by atoms with Gasteiger partial charge in [0.15, 0.2) is 0 Å². The number of ether oxygens (including phenoxy) is 1. The second-order valence-electron chi connectivity index (χ2n) is 5.06. The molecule has 1 aromatic carbocycles.